The molecular weight excluding hydrogens is 204 g/mol. The zero-order valence-electron chi connectivity index (χ0n) is 9.38. The van der Waals surface area contributed by atoms with Gasteiger partial charge in [0.25, 0.3) is 0 Å². The first-order valence-electron chi connectivity index (χ1n) is 5.30. The van der Waals surface area contributed by atoms with Crippen molar-refractivity contribution in [1.82, 2.24) is 20.2 Å². The molecule has 2 aromatic rings. The van der Waals surface area contributed by atoms with Crippen molar-refractivity contribution in [2.45, 2.75) is 13.8 Å². The van der Waals surface area contributed by atoms with Crippen molar-refractivity contribution in [2.24, 2.45) is 10.3 Å². The molecule has 0 fully saturated rings. The lowest BCUT2D eigenvalue weighted by molar-refractivity contribution is 0.300. The van der Waals surface area contributed by atoms with Crippen LogP contribution in [0.15, 0.2) is 28.7 Å². The number of rotatable bonds is 4. The molecule has 6 nitrogen and oxygen atoms in total. The Labute approximate surface area is 93.4 Å². The van der Waals surface area contributed by atoms with Crippen LogP contribution in [0.2, 0.25) is 0 Å². The van der Waals surface area contributed by atoms with E-state index in [1.165, 1.54) is 0 Å². The molecule has 0 aromatic carbocycles. The van der Waals surface area contributed by atoms with Gasteiger partial charge in [-0.25, -0.2) is 4.98 Å². The summed E-state index contributed by atoms with van der Waals surface area (Å²) in [5.74, 6) is 0.648. The van der Waals surface area contributed by atoms with Crippen LogP contribution in [0.5, 0.6) is 0 Å². The average Bonchev–Trinajstić information content (AvgIpc) is 2.74. The average molecular weight is 218 g/mol. The summed E-state index contributed by atoms with van der Waals surface area (Å²) in [5, 5.41) is 17.9. The summed E-state index contributed by atoms with van der Waals surface area (Å²) in [4.78, 5) is 4.11. The molecule has 2 heterocycles. The van der Waals surface area contributed by atoms with Crippen molar-refractivity contribution in [1.29, 1.82) is 0 Å². The van der Waals surface area contributed by atoms with Gasteiger partial charge in [0.15, 0.2) is 11.5 Å². The number of fused-ring (bicyclic) bond motifs is 1. The van der Waals surface area contributed by atoms with Gasteiger partial charge in [-0.2, -0.15) is 5.10 Å². The molecule has 0 atom stereocenters. The van der Waals surface area contributed by atoms with Crippen molar-refractivity contribution in [2.75, 3.05) is 13.1 Å². The third-order valence-electron chi connectivity index (χ3n) is 2.31. The van der Waals surface area contributed by atoms with Gasteiger partial charge in [0.1, 0.15) is 0 Å². The first-order chi connectivity index (χ1) is 7.85. The number of nitrogens with one attached hydrogen (secondary N) is 1. The van der Waals surface area contributed by atoms with Crippen molar-refractivity contribution in [3.63, 3.8) is 0 Å². The first kappa shape index (κ1) is 10.5. The van der Waals surface area contributed by atoms with Crippen LogP contribution in [-0.4, -0.2) is 33.3 Å². The summed E-state index contributed by atoms with van der Waals surface area (Å²) in [6, 6.07) is 3.77. The van der Waals surface area contributed by atoms with E-state index < -0.39 is 0 Å². The highest BCUT2D eigenvalue weighted by Crippen LogP contribution is 2.20. The maximum Gasteiger partial charge on any atom is 0.183 e. The molecule has 0 spiro atoms. The summed E-state index contributed by atoms with van der Waals surface area (Å²) < 4.78 is 0. The minimum atomic E-state index is 0.648. The number of pyridine rings is 1. The van der Waals surface area contributed by atoms with Crippen LogP contribution in [0.3, 0.4) is 0 Å². The highest BCUT2D eigenvalue weighted by Gasteiger charge is 2.04. The summed E-state index contributed by atoms with van der Waals surface area (Å²) in [6.45, 7) is 5.75. The Morgan fingerprint density at radius 1 is 1.38 bits per heavy atom. The standard InChI is InChI=1S/C10H14N6/c1-3-16(4-2)15-14-10-8-6-5-7-11-9(8)12-13-10/h5-7H,3-4H2,1-2H3,(H,11,12,13)/b15-14+. The minimum Gasteiger partial charge on any atom is -0.279 e. The fourth-order valence-electron chi connectivity index (χ4n) is 1.37. The van der Waals surface area contributed by atoms with Crippen molar-refractivity contribution >= 4 is 16.9 Å². The van der Waals surface area contributed by atoms with E-state index in [4.69, 9.17) is 0 Å². The number of aromatic amines is 1. The second kappa shape index (κ2) is 4.69. The normalized spacial score (nSPS) is 11.4. The van der Waals surface area contributed by atoms with Crippen molar-refractivity contribution in [3.8, 4) is 0 Å². The summed E-state index contributed by atoms with van der Waals surface area (Å²) in [7, 11) is 0. The second-order valence-corrected chi connectivity index (χ2v) is 3.28. The lowest BCUT2D eigenvalue weighted by Crippen LogP contribution is -2.14. The van der Waals surface area contributed by atoms with Gasteiger partial charge >= 0.3 is 0 Å². The molecule has 16 heavy (non-hydrogen) atoms. The number of H-pyrrole nitrogens is 1. The first-order valence-corrected chi connectivity index (χ1v) is 5.30. The zero-order valence-corrected chi connectivity index (χ0v) is 9.38. The summed E-state index contributed by atoms with van der Waals surface area (Å²) >= 11 is 0. The second-order valence-electron chi connectivity index (χ2n) is 3.28. The Bertz CT molecular complexity index is 485. The number of aromatic nitrogens is 3. The van der Waals surface area contributed by atoms with Gasteiger partial charge < -0.3 is 0 Å². The fraction of sp³-hybridized carbons (Fsp3) is 0.400. The number of hydrogen-bond donors (Lipinski definition) is 1. The number of hydrogen-bond acceptors (Lipinski definition) is 4. The van der Waals surface area contributed by atoms with Gasteiger partial charge in [0.05, 0.1) is 5.39 Å². The monoisotopic (exact) mass is 218 g/mol. The minimum absolute atomic E-state index is 0.648. The molecular formula is C10H14N6. The van der Waals surface area contributed by atoms with Crippen LogP contribution >= 0.6 is 0 Å². The Hall–Kier alpha value is -1.98. The third kappa shape index (κ3) is 2.00. The van der Waals surface area contributed by atoms with Crippen molar-refractivity contribution in [3.05, 3.63) is 18.3 Å². The molecule has 0 bridgehead atoms. The quantitative estimate of drug-likeness (QED) is 0.632. The van der Waals surface area contributed by atoms with Gasteiger partial charge in [-0.15, -0.1) is 5.11 Å². The van der Waals surface area contributed by atoms with Crippen molar-refractivity contribution < 1.29 is 0 Å². The molecule has 2 aromatic heterocycles. The molecule has 0 unspecified atom stereocenters. The molecule has 1 N–H and O–H groups in total. The van der Waals surface area contributed by atoms with Gasteiger partial charge in [-0.1, -0.05) is 5.22 Å². The molecule has 0 aliphatic heterocycles. The van der Waals surface area contributed by atoms with E-state index in [9.17, 15) is 0 Å². The van der Waals surface area contributed by atoms with E-state index in [2.05, 4.69) is 25.5 Å². The van der Waals surface area contributed by atoms with Crippen LogP contribution < -0.4 is 0 Å². The van der Waals surface area contributed by atoms with Gasteiger partial charge in [-0.3, -0.25) is 10.1 Å². The summed E-state index contributed by atoms with van der Waals surface area (Å²) in [6.07, 6.45) is 1.70. The number of nitrogens with zero attached hydrogens (tertiary/aromatic N) is 5. The van der Waals surface area contributed by atoms with Crippen LogP contribution in [0.1, 0.15) is 13.8 Å². The van der Waals surface area contributed by atoms with E-state index in [1.54, 1.807) is 6.20 Å². The Morgan fingerprint density at radius 3 is 2.94 bits per heavy atom. The predicted octanol–water partition coefficient (Wildman–Crippen LogP) is 2.30. The van der Waals surface area contributed by atoms with Crippen LogP contribution in [0.4, 0.5) is 5.82 Å². The van der Waals surface area contributed by atoms with Crippen LogP contribution in [0, 0.1) is 0 Å². The molecule has 0 aliphatic carbocycles. The summed E-state index contributed by atoms with van der Waals surface area (Å²) in [5.41, 5.74) is 0.663. The lowest BCUT2D eigenvalue weighted by Gasteiger charge is -2.10. The molecule has 84 valence electrons. The Balaban J connectivity index is 2.27. The molecule has 0 amide bonds. The molecule has 0 saturated heterocycles. The predicted molar refractivity (Wildman–Crippen MR) is 61.3 cm³/mol. The largest absolute Gasteiger partial charge is 0.279 e. The topological polar surface area (TPSA) is 69.5 Å². The maximum atomic E-state index is 4.13. The molecule has 2 rings (SSSR count). The molecule has 0 radical (unpaired) electrons. The zero-order chi connectivity index (χ0) is 11.4. The Kier molecular flexibility index (Phi) is 3.09. The fourth-order valence-corrected chi connectivity index (χ4v) is 1.37. The van der Waals surface area contributed by atoms with E-state index in [1.807, 2.05) is 31.0 Å². The molecule has 6 heteroatoms. The van der Waals surface area contributed by atoms with Crippen LogP contribution in [-0.2, 0) is 0 Å². The Morgan fingerprint density at radius 2 is 2.19 bits per heavy atom. The van der Waals surface area contributed by atoms with E-state index in [0.717, 1.165) is 18.5 Å². The van der Waals surface area contributed by atoms with Crippen LogP contribution in [0.25, 0.3) is 11.0 Å². The lowest BCUT2D eigenvalue weighted by atomic mass is 10.3. The van der Waals surface area contributed by atoms with E-state index >= 15 is 0 Å². The molecule has 0 aliphatic rings. The highest BCUT2D eigenvalue weighted by atomic mass is 15.5. The molecule has 0 saturated carbocycles. The third-order valence-corrected chi connectivity index (χ3v) is 2.31. The van der Waals surface area contributed by atoms with E-state index in [-0.39, 0.29) is 0 Å². The SMILES string of the molecule is CCN(CC)/N=N/c1[nH]nc2ncccc12. The maximum absolute atomic E-state index is 4.13. The highest BCUT2D eigenvalue weighted by molar-refractivity contribution is 5.84. The van der Waals surface area contributed by atoms with Gasteiger partial charge in [0, 0.05) is 19.3 Å². The van der Waals surface area contributed by atoms with Gasteiger partial charge in [0.2, 0.25) is 0 Å². The van der Waals surface area contributed by atoms with E-state index in [0.29, 0.717) is 11.5 Å². The smallest absolute Gasteiger partial charge is 0.183 e. The van der Waals surface area contributed by atoms with Gasteiger partial charge in [-0.05, 0) is 26.0 Å².